The summed E-state index contributed by atoms with van der Waals surface area (Å²) in [5.74, 6) is 2.17. The lowest BCUT2D eigenvalue weighted by Gasteiger charge is -2.30. The van der Waals surface area contributed by atoms with Crippen LogP contribution in [0, 0.1) is 0 Å². The third-order valence-electron chi connectivity index (χ3n) is 4.86. The average molecular weight is 371 g/mol. The van der Waals surface area contributed by atoms with Crippen molar-refractivity contribution < 1.29 is 9.90 Å². The number of rotatable bonds is 7. The first-order valence-corrected chi connectivity index (χ1v) is 9.73. The summed E-state index contributed by atoms with van der Waals surface area (Å²) in [5.41, 5.74) is 0.557. The van der Waals surface area contributed by atoms with Gasteiger partial charge < -0.3 is 19.9 Å². The lowest BCUT2D eigenvalue weighted by atomic mass is 10.1. The van der Waals surface area contributed by atoms with E-state index in [1.807, 2.05) is 18.5 Å². The van der Waals surface area contributed by atoms with Gasteiger partial charge in [0.1, 0.15) is 11.6 Å². The van der Waals surface area contributed by atoms with Gasteiger partial charge in [0, 0.05) is 50.7 Å². The van der Waals surface area contributed by atoms with E-state index >= 15 is 0 Å². The first-order chi connectivity index (χ1) is 13.0. The molecule has 0 saturated carbocycles. The summed E-state index contributed by atoms with van der Waals surface area (Å²) >= 11 is 0. The number of piperidine rings is 1. The molecule has 0 aliphatic carbocycles. The number of hydrogen-bond acceptors (Lipinski definition) is 5. The van der Waals surface area contributed by atoms with Crippen molar-refractivity contribution in [2.75, 3.05) is 24.5 Å². The molecule has 7 heteroatoms. The van der Waals surface area contributed by atoms with Crippen LogP contribution in [0.5, 0.6) is 0 Å². The van der Waals surface area contributed by atoms with Gasteiger partial charge in [-0.25, -0.2) is 9.97 Å². The largest absolute Gasteiger partial charge is 0.391 e. The minimum Gasteiger partial charge on any atom is -0.391 e. The van der Waals surface area contributed by atoms with Crippen LogP contribution >= 0.6 is 0 Å². The van der Waals surface area contributed by atoms with E-state index in [4.69, 9.17) is 0 Å². The Morgan fingerprint density at radius 3 is 2.93 bits per heavy atom. The van der Waals surface area contributed by atoms with Gasteiger partial charge in [0.05, 0.1) is 11.7 Å². The van der Waals surface area contributed by atoms with Crippen molar-refractivity contribution in [3.63, 3.8) is 0 Å². The van der Waals surface area contributed by atoms with Crippen LogP contribution in [0.25, 0.3) is 0 Å². The number of anilines is 1. The molecule has 1 aliphatic rings. The molecule has 146 valence electrons. The Bertz CT molecular complexity index is 741. The molecule has 0 bridgehead atoms. The van der Waals surface area contributed by atoms with Gasteiger partial charge in [-0.05, 0) is 31.4 Å². The van der Waals surface area contributed by atoms with Gasteiger partial charge in [-0.1, -0.05) is 13.8 Å². The van der Waals surface area contributed by atoms with Crippen LogP contribution in [0.3, 0.4) is 0 Å². The number of aliphatic hydroxyl groups is 1. The van der Waals surface area contributed by atoms with Gasteiger partial charge in [-0.2, -0.15) is 0 Å². The van der Waals surface area contributed by atoms with Crippen molar-refractivity contribution in [2.45, 2.75) is 51.7 Å². The van der Waals surface area contributed by atoms with E-state index in [2.05, 4.69) is 38.6 Å². The minimum atomic E-state index is -0.296. The smallest absolute Gasteiger partial charge is 0.252 e. The Morgan fingerprint density at radius 1 is 1.37 bits per heavy atom. The number of pyridine rings is 1. The normalized spacial score (nSPS) is 17.3. The Balaban J connectivity index is 1.46. The van der Waals surface area contributed by atoms with E-state index in [1.165, 1.54) is 0 Å². The fraction of sp³-hybridized carbons (Fsp3) is 0.550. The zero-order valence-electron chi connectivity index (χ0n) is 16.1. The second kappa shape index (κ2) is 8.99. The quantitative estimate of drug-likeness (QED) is 0.729. The maximum Gasteiger partial charge on any atom is 0.252 e. The second-order valence-electron chi connectivity index (χ2n) is 7.39. The van der Waals surface area contributed by atoms with Gasteiger partial charge in [-0.3, -0.25) is 4.79 Å². The van der Waals surface area contributed by atoms with Gasteiger partial charge in [0.2, 0.25) is 0 Å². The molecule has 2 N–H and O–H groups in total. The summed E-state index contributed by atoms with van der Waals surface area (Å²) in [7, 11) is 0. The topological polar surface area (TPSA) is 83.3 Å². The van der Waals surface area contributed by atoms with Crippen molar-refractivity contribution in [3.05, 3.63) is 42.1 Å². The van der Waals surface area contributed by atoms with Crippen LogP contribution in [0.2, 0.25) is 0 Å². The molecule has 7 nitrogen and oxygen atoms in total. The number of nitrogens with zero attached hydrogens (tertiary/aromatic N) is 4. The van der Waals surface area contributed by atoms with Crippen LogP contribution in [-0.2, 0) is 6.54 Å². The lowest BCUT2D eigenvalue weighted by Crippen LogP contribution is -2.38. The van der Waals surface area contributed by atoms with E-state index in [-0.39, 0.29) is 12.0 Å². The molecule has 2 aromatic heterocycles. The summed E-state index contributed by atoms with van der Waals surface area (Å²) in [6.07, 6.45) is 7.77. The molecule has 1 fully saturated rings. The van der Waals surface area contributed by atoms with Crippen LogP contribution < -0.4 is 10.2 Å². The maximum absolute atomic E-state index is 12.3. The molecule has 0 radical (unpaired) electrons. The number of aliphatic hydroxyl groups excluding tert-OH is 1. The van der Waals surface area contributed by atoms with Crippen molar-refractivity contribution in [3.8, 4) is 0 Å². The molecule has 1 atom stereocenters. The van der Waals surface area contributed by atoms with Crippen LogP contribution in [0.15, 0.2) is 30.7 Å². The number of β-amino-alcohol motifs (C(OH)–C–C–N with tert-alkyl or cyclic N) is 1. The van der Waals surface area contributed by atoms with Crippen molar-refractivity contribution in [1.29, 1.82) is 0 Å². The summed E-state index contributed by atoms with van der Waals surface area (Å²) in [6.45, 7) is 7.19. The molecule has 0 aromatic carbocycles. The third-order valence-corrected chi connectivity index (χ3v) is 4.86. The van der Waals surface area contributed by atoms with Gasteiger partial charge in [0.15, 0.2) is 0 Å². The van der Waals surface area contributed by atoms with Crippen LogP contribution in [0.4, 0.5) is 5.82 Å². The number of nitrogens with one attached hydrogen (secondary N) is 1. The fourth-order valence-electron chi connectivity index (χ4n) is 3.43. The number of carbonyl (C=O) groups excluding carboxylic acids is 1. The molecule has 3 heterocycles. The summed E-state index contributed by atoms with van der Waals surface area (Å²) in [6, 6.07) is 3.65. The average Bonchev–Trinajstić information content (AvgIpc) is 3.14. The summed E-state index contributed by atoms with van der Waals surface area (Å²) in [5, 5.41) is 12.7. The first-order valence-electron chi connectivity index (χ1n) is 9.73. The zero-order valence-corrected chi connectivity index (χ0v) is 16.1. The van der Waals surface area contributed by atoms with E-state index in [0.29, 0.717) is 24.6 Å². The molecular weight excluding hydrogens is 342 g/mol. The van der Waals surface area contributed by atoms with Crippen molar-refractivity contribution in [2.24, 2.45) is 0 Å². The fourth-order valence-corrected chi connectivity index (χ4v) is 3.43. The molecule has 1 aliphatic heterocycles. The molecular formula is C20H29N5O2. The van der Waals surface area contributed by atoms with Gasteiger partial charge in [0.25, 0.3) is 5.91 Å². The Morgan fingerprint density at radius 2 is 2.22 bits per heavy atom. The number of amides is 1. The number of imidazole rings is 1. The summed E-state index contributed by atoms with van der Waals surface area (Å²) in [4.78, 5) is 23.1. The van der Waals surface area contributed by atoms with E-state index < -0.39 is 0 Å². The molecule has 1 amide bonds. The molecule has 1 saturated heterocycles. The number of carbonyl (C=O) groups is 1. The highest BCUT2D eigenvalue weighted by Gasteiger charge is 2.19. The highest BCUT2D eigenvalue weighted by Crippen LogP contribution is 2.18. The van der Waals surface area contributed by atoms with Crippen LogP contribution in [0.1, 0.15) is 55.2 Å². The van der Waals surface area contributed by atoms with Gasteiger partial charge >= 0.3 is 0 Å². The maximum atomic E-state index is 12.3. The van der Waals surface area contributed by atoms with Crippen LogP contribution in [-0.4, -0.2) is 51.3 Å². The van der Waals surface area contributed by atoms with E-state index in [1.54, 1.807) is 12.3 Å². The SMILES string of the molecule is CC(C)c1nccn1CCCNC(=O)c1ccc(N2CCC[C@@H](O)C2)nc1. The zero-order chi connectivity index (χ0) is 19.2. The Kier molecular flexibility index (Phi) is 6.45. The Labute approximate surface area is 160 Å². The number of hydrogen-bond donors (Lipinski definition) is 2. The Hall–Kier alpha value is -2.41. The van der Waals surface area contributed by atoms with Crippen molar-refractivity contribution in [1.82, 2.24) is 19.9 Å². The molecule has 3 rings (SSSR count). The number of aryl methyl sites for hydroxylation is 1. The number of aromatic nitrogens is 3. The first kappa shape index (κ1) is 19.4. The molecule has 2 aromatic rings. The molecule has 27 heavy (non-hydrogen) atoms. The lowest BCUT2D eigenvalue weighted by molar-refractivity contribution is 0.0952. The molecule has 0 spiro atoms. The summed E-state index contributed by atoms with van der Waals surface area (Å²) < 4.78 is 2.14. The minimum absolute atomic E-state index is 0.109. The van der Waals surface area contributed by atoms with Crippen molar-refractivity contribution >= 4 is 11.7 Å². The highest BCUT2D eigenvalue weighted by atomic mass is 16.3. The second-order valence-corrected chi connectivity index (χ2v) is 7.39. The monoisotopic (exact) mass is 371 g/mol. The van der Waals surface area contributed by atoms with E-state index in [0.717, 1.165) is 44.0 Å². The van der Waals surface area contributed by atoms with Gasteiger partial charge in [-0.15, -0.1) is 0 Å². The highest BCUT2D eigenvalue weighted by molar-refractivity contribution is 5.94. The predicted molar refractivity (Wildman–Crippen MR) is 105 cm³/mol. The van der Waals surface area contributed by atoms with E-state index in [9.17, 15) is 9.90 Å². The third kappa shape index (κ3) is 5.07. The predicted octanol–water partition coefficient (Wildman–Crippen LogP) is 2.18. The molecule has 0 unspecified atom stereocenters. The standard InChI is InChI=1S/C20H29N5O2/c1-15(2)19-21-9-12-24(19)11-4-8-22-20(27)16-6-7-18(23-13-16)25-10-3-5-17(26)14-25/h6-7,9,12-13,15,17,26H,3-5,8,10-11,14H2,1-2H3,(H,22,27)/t17-/m1/s1.